The van der Waals surface area contributed by atoms with E-state index >= 15 is 0 Å². The lowest BCUT2D eigenvalue weighted by Crippen LogP contribution is -2.49. The highest BCUT2D eigenvalue weighted by molar-refractivity contribution is 7.09. The van der Waals surface area contributed by atoms with E-state index in [9.17, 15) is 14.4 Å². The topological polar surface area (TPSA) is 159 Å². The van der Waals surface area contributed by atoms with Crippen LogP contribution in [0.1, 0.15) is 52.5 Å². The van der Waals surface area contributed by atoms with E-state index < -0.39 is 29.3 Å². The number of carbonyl (C=O) groups is 3. The third-order valence-corrected chi connectivity index (χ3v) is 6.30. The highest BCUT2D eigenvalue weighted by Gasteiger charge is 2.37. The average Bonchev–Trinajstić information content (AvgIpc) is 3.27. The van der Waals surface area contributed by atoms with Crippen molar-refractivity contribution in [3.63, 3.8) is 0 Å². The summed E-state index contributed by atoms with van der Waals surface area (Å²) in [7, 11) is 4.49. The van der Waals surface area contributed by atoms with Crippen LogP contribution in [0.15, 0.2) is 42.5 Å². The summed E-state index contributed by atoms with van der Waals surface area (Å²) in [6, 6.07) is 10.4. The molecule has 0 bridgehead atoms. The molecule has 1 heterocycles. The monoisotopic (exact) mass is 541 g/mol. The van der Waals surface area contributed by atoms with Gasteiger partial charge in [0.15, 0.2) is 17.2 Å². The number of nitrogen functional groups attached to an aromatic ring is 1. The van der Waals surface area contributed by atoms with Crippen LogP contribution in [-0.2, 0) is 4.79 Å². The van der Waals surface area contributed by atoms with Crippen LogP contribution in [0.2, 0.25) is 0 Å². The summed E-state index contributed by atoms with van der Waals surface area (Å²) in [6.45, 7) is 5.49. The number of amides is 3. The highest BCUT2D eigenvalue weighted by atomic mass is 32.1. The van der Waals surface area contributed by atoms with Crippen LogP contribution in [0.4, 0.5) is 11.4 Å². The number of nitrogens with one attached hydrogen (secondary N) is 1. The zero-order chi connectivity index (χ0) is 28.2. The number of primary amides is 1. The van der Waals surface area contributed by atoms with Crippen LogP contribution in [-0.4, -0.2) is 49.0 Å². The van der Waals surface area contributed by atoms with Crippen molar-refractivity contribution in [1.82, 2.24) is 9.69 Å². The van der Waals surface area contributed by atoms with E-state index in [1.165, 1.54) is 26.2 Å². The fourth-order valence-electron chi connectivity index (χ4n) is 3.74. The Morgan fingerprint density at radius 2 is 1.61 bits per heavy atom. The van der Waals surface area contributed by atoms with Crippen LogP contribution in [0.25, 0.3) is 0 Å². The van der Waals surface area contributed by atoms with E-state index in [2.05, 4.69) is 9.69 Å². The molecule has 3 amide bonds. The van der Waals surface area contributed by atoms with E-state index in [4.69, 9.17) is 25.7 Å². The van der Waals surface area contributed by atoms with Gasteiger partial charge in [0.2, 0.25) is 5.91 Å². The quantitative estimate of drug-likeness (QED) is 0.373. The van der Waals surface area contributed by atoms with Gasteiger partial charge in [-0.3, -0.25) is 19.3 Å². The largest absolute Gasteiger partial charge is 0.497 e. The van der Waals surface area contributed by atoms with Gasteiger partial charge in [0.1, 0.15) is 16.7 Å². The van der Waals surface area contributed by atoms with Gasteiger partial charge in [0, 0.05) is 11.2 Å². The van der Waals surface area contributed by atoms with Gasteiger partial charge in [0.25, 0.3) is 11.8 Å². The number of hydrogen-bond acceptors (Lipinski definition) is 9. The molecule has 3 aromatic rings. The third kappa shape index (κ3) is 5.97. The molecule has 5 N–H and O–H groups in total. The Balaban J connectivity index is 2.28. The Labute approximate surface area is 224 Å². The molecule has 1 atom stereocenters. The number of hydrogen-bond donors (Lipinski definition) is 3. The summed E-state index contributed by atoms with van der Waals surface area (Å²) in [5.74, 6) is -0.610. The fourth-order valence-corrected chi connectivity index (χ4v) is 4.49. The maximum Gasteiger partial charge on any atom is 0.273 e. The third-order valence-electron chi connectivity index (χ3n) is 5.45. The van der Waals surface area contributed by atoms with Crippen molar-refractivity contribution in [3.05, 3.63) is 58.6 Å². The van der Waals surface area contributed by atoms with E-state index in [0.29, 0.717) is 28.5 Å². The zero-order valence-electron chi connectivity index (χ0n) is 22.0. The van der Waals surface area contributed by atoms with Crippen molar-refractivity contribution in [2.75, 3.05) is 32.0 Å². The number of nitrogens with zero attached hydrogens (tertiary/aromatic N) is 2. The number of rotatable bonds is 9. The minimum Gasteiger partial charge on any atom is -0.497 e. The summed E-state index contributed by atoms with van der Waals surface area (Å²) >= 11 is 0.726. The molecule has 0 aliphatic rings. The van der Waals surface area contributed by atoms with Crippen molar-refractivity contribution in [2.24, 2.45) is 5.73 Å². The Bertz CT molecular complexity index is 1330. The normalized spacial score (nSPS) is 11.8. The van der Waals surface area contributed by atoms with Gasteiger partial charge in [0.05, 0.1) is 27.0 Å². The second-order valence-electron chi connectivity index (χ2n) is 9.27. The SMILES string of the molecule is COc1ccc(N(C(=O)c2snc(C(N)=O)c2N)C(C(=O)NC(C)(C)C)c2ccc(OC)c(OC)c2)cc1. The molecule has 3 rings (SSSR count). The van der Waals surface area contributed by atoms with Crippen LogP contribution in [0, 0.1) is 0 Å². The summed E-state index contributed by atoms with van der Waals surface area (Å²) < 4.78 is 20.0. The van der Waals surface area contributed by atoms with Crippen LogP contribution in [0.3, 0.4) is 0 Å². The van der Waals surface area contributed by atoms with Gasteiger partial charge in [-0.2, -0.15) is 4.37 Å². The van der Waals surface area contributed by atoms with Gasteiger partial charge < -0.3 is 31.0 Å². The maximum atomic E-state index is 14.1. The van der Waals surface area contributed by atoms with Crippen LogP contribution >= 0.6 is 11.5 Å². The molecular formula is C26H31N5O6S. The number of aromatic nitrogens is 1. The van der Waals surface area contributed by atoms with Crippen LogP contribution < -0.4 is 35.9 Å². The molecule has 2 aromatic carbocycles. The number of ether oxygens (including phenoxy) is 3. The molecule has 11 nitrogen and oxygen atoms in total. The molecule has 0 aliphatic heterocycles. The standard InChI is InChI=1S/C26H31N5O6S/c1-26(2,3)29-24(33)21(14-7-12-17(36-5)18(13-14)37-6)31(15-8-10-16(35-4)11-9-15)25(34)22-19(27)20(23(28)32)30-38-22/h7-13,21H,27H2,1-6H3,(H2,28,32)(H,29,33). The number of benzene rings is 2. The lowest BCUT2D eigenvalue weighted by atomic mass is 9.99. The molecule has 0 saturated carbocycles. The summed E-state index contributed by atoms with van der Waals surface area (Å²) in [6.07, 6.45) is 0. The minimum absolute atomic E-state index is 0.0383. The van der Waals surface area contributed by atoms with Gasteiger partial charge >= 0.3 is 0 Å². The summed E-state index contributed by atoms with van der Waals surface area (Å²) in [5.41, 5.74) is 11.3. The van der Waals surface area contributed by atoms with Crippen molar-refractivity contribution >= 4 is 40.6 Å². The van der Waals surface area contributed by atoms with Crippen molar-refractivity contribution in [1.29, 1.82) is 0 Å². The smallest absolute Gasteiger partial charge is 0.273 e. The Morgan fingerprint density at radius 3 is 2.11 bits per heavy atom. The Morgan fingerprint density at radius 1 is 0.974 bits per heavy atom. The van der Waals surface area contributed by atoms with E-state index in [0.717, 1.165) is 11.5 Å². The van der Waals surface area contributed by atoms with Gasteiger partial charge in [-0.1, -0.05) is 6.07 Å². The van der Waals surface area contributed by atoms with Crippen molar-refractivity contribution in [2.45, 2.75) is 32.4 Å². The Kier molecular flexibility index (Phi) is 8.46. The summed E-state index contributed by atoms with van der Waals surface area (Å²) in [5, 5.41) is 2.95. The average molecular weight is 542 g/mol. The number of nitrogens with two attached hydrogens (primary N) is 2. The molecule has 0 spiro atoms. The van der Waals surface area contributed by atoms with E-state index in [-0.39, 0.29) is 16.3 Å². The van der Waals surface area contributed by atoms with Gasteiger partial charge in [-0.05, 0) is 74.3 Å². The maximum absolute atomic E-state index is 14.1. The predicted octanol–water partition coefficient (Wildman–Crippen LogP) is 3.15. The first-order chi connectivity index (χ1) is 17.9. The molecule has 38 heavy (non-hydrogen) atoms. The minimum atomic E-state index is -1.19. The molecule has 1 unspecified atom stereocenters. The lowest BCUT2D eigenvalue weighted by Gasteiger charge is -2.34. The van der Waals surface area contributed by atoms with Crippen molar-refractivity contribution < 1.29 is 28.6 Å². The summed E-state index contributed by atoms with van der Waals surface area (Å²) in [4.78, 5) is 41.0. The van der Waals surface area contributed by atoms with Gasteiger partial charge in [-0.15, -0.1) is 0 Å². The zero-order valence-corrected chi connectivity index (χ0v) is 22.8. The van der Waals surface area contributed by atoms with Gasteiger partial charge in [-0.25, -0.2) is 0 Å². The van der Waals surface area contributed by atoms with E-state index in [1.807, 2.05) is 20.8 Å². The molecule has 0 aliphatic carbocycles. The first-order valence-corrected chi connectivity index (χ1v) is 12.3. The first kappa shape index (κ1) is 28.3. The Hall–Kier alpha value is -4.32. The highest BCUT2D eigenvalue weighted by Crippen LogP contribution is 2.37. The number of anilines is 2. The van der Waals surface area contributed by atoms with Crippen LogP contribution in [0.5, 0.6) is 17.2 Å². The molecule has 12 heteroatoms. The second kappa shape index (κ2) is 11.4. The number of methoxy groups -OCH3 is 3. The number of carbonyl (C=O) groups excluding carboxylic acids is 3. The molecular weight excluding hydrogens is 510 g/mol. The lowest BCUT2D eigenvalue weighted by molar-refractivity contribution is -0.123. The molecule has 1 aromatic heterocycles. The van der Waals surface area contributed by atoms with Crippen molar-refractivity contribution in [3.8, 4) is 17.2 Å². The molecule has 0 saturated heterocycles. The fraction of sp³-hybridized carbons (Fsp3) is 0.308. The second-order valence-corrected chi connectivity index (χ2v) is 10.0. The van der Waals surface area contributed by atoms with E-state index in [1.54, 1.807) is 42.5 Å². The molecule has 0 fully saturated rings. The molecule has 202 valence electrons. The predicted molar refractivity (Wildman–Crippen MR) is 145 cm³/mol. The first-order valence-electron chi connectivity index (χ1n) is 11.5. The molecule has 0 radical (unpaired) electrons.